The van der Waals surface area contributed by atoms with Crippen LogP contribution >= 0.6 is 24.8 Å². The largest absolute Gasteiger partial charge is 0.356 e. The van der Waals surface area contributed by atoms with Gasteiger partial charge in [0.2, 0.25) is 5.91 Å². The van der Waals surface area contributed by atoms with Crippen molar-refractivity contribution in [3.63, 3.8) is 0 Å². The average Bonchev–Trinajstić information content (AvgIpc) is 3.05. The molecule has 128 valence electrons. The fourth-order valence-corrected chi connectivity index (χ4v) is 3.07. The number of imidazole rings is 1. The average molecular weight is 359 g/mol. The highest BCUT2D eigenvalue weighted by Crippen LogP contribution is 2.26. The number of nitrogens with two attached hydrogens (primary N) is 1. The van der Waals surface area contributed by atoms with Crippen LogP contribution in [0.15, 0.2) is 24.3 Å². The number of aromatic amines is 1. The van der Waals surface area contributed by atoms with E-state index in [2.05, 4.69) is 15.3 Å². The van der Waals surface area contributed by atoms with Gasteiger partial charge in [0.05, 0.1) is 11.0 Å². The van der Waals surface area contributed by atoms with Gasteiger partial charge >= 0.3 is 0 Å². The van der Waals surface area contributed by atoms with Gasteiger partial charge in [-0.05, 0) is 30.9 Å². The van der Waals surface area contributed by atoms with Crippen LogP contribution in [0.3, 0.4) is 0 Å². The van der Waals surface area contributed by atoms with Gasteiger partial charge in [0.1, 0.15) is 5.82 Å². The van der Waals surface area contributed by atoms with E-state index in [1.54, 1.807) is 0 Å². The van der Waals surface area contributed by atoms with E-state index in [1.807, 2.05) is 24.3 Å². The molecule has 5 nitrogen and oxygen atoms in total. The van der Waals surface area contributed by atoms with Crippen LogP contribution in [0.4, 0.5) is 0 Å². The predicted molar refractivity (Wildman–Crippen MR) is 97.2 cm³/mol. The number of carbonyl (C=O) groups excluding carboxylic acids is 1. The monoisotopic (exact) mass is 358 g/mol. The number of hydrogen-bond donors (Lipinski definition) is 3. The van der Waals surface area contributed by atoms with Crippen LogP contribution in [-0.4, -0.2) is 28.5 Å². The Kier molecular flexibility index (Phi) is 7.82. The van der Waals surface area contributed by atoms with Crippen LogP contribution in [0.1, 0.15) is 31.5 Å². The Morgan fingerprint density at radius 2 is 2.09 bits per heavy atom. The predicted octanol–water partition coefficient (Wildman–Crippen LogP) is 2.58. The van der Waals surface area contributed by atoms with Gasteiger partial charge in [0.15, 0.2) is 0 Å². The fourth-order valence-electron chi connectivity index (χ4n) is 3.07. The third-order valence-corrected chi connectivity index (χ3v) is 4.29. The van der Waals surface area contributed by atoms with Crippen molar-refractivity contribution in [1.29, 1.82) is 0 Å². The van der Waals surface area contributed by atoms with Crippen LogP contribution < -0.4 is 11.1 Å². The lowest BCUT2D eigenvalue weighted by Gasteiger charge is -2.14. The lowest BCUT2D eigenvalue weighted by atomic mass is 10.00. The number of para-hydroxylation sites is 2. The maximum absolute atomic E-state index is 11.9. The Bertz CT molecular complexity index is 598. The van der Waals surface area contributed by atoms with Gasteiger partial charge in [0, 0.05) is 25.4 Å². The smallest absolute Gasteiger partial charge is 0.220 e. The molecule has 7 heteroatoms. The van der Waals surface area contributed by atoms with E-state index < -0.39 is 0 Å². The number of aromatic nitrogens is 2. The van der Waals surface area contributed by atoms with Gasteiger partial charge < -0.3 is 16.0 Å². The van der Waals surface area contributed by atoms with E-state index in [-0.39, 0.29) is 36.8 Å². The van der Waals surface area contributed by atoms with Crippen molar-refractivity contribution in [2.45, 2.75) is 38.1 Å². The maximum Gasteiger partial charge on any atom is 0.220 e. The molecule has 1 saturated carbocycles. The van der Waals surface area contributed by atoms with Gasteiger partial charge in [-0.25, -0.2) is 4.98 Å². The van der Waals surface area contributed by atoms with E-state index in [4.69, 9.17) is 5.73 Å². The minimum absolute atomic E-state index is 0. The molecule has 1 amide bonds. The van der Waals surface area contributed by atoms with Gasteiger partial charge in [0.25, 0.3) is 0 Å². The second-order valence-electron chi connectivity index (χ2n) is 5.86. The molecular formula is C16H24Cl2N4O. The summed E-state index contributed by atoms with van der Waals surface area (Å²) in [5.41, 5.74) is 8.00. The number of halogens is 2. The van der Waals surface area contributed by atoms with Gasteiger partial charge in [-0.2, -0.15) is 0 Å². The number of hydrogen-bond acceptors (Lipinski definition) is 3. The van der Waals surface area contributed by atoms with Crippen molar-refractivity contribution in [2.24, 2.45) is 11.7 Å². The molecule has 1 heterocycles. The highest BCUT2D eigenvalue weighted by Gasteiger charge is 2.25. The summed E-state index contributed by atoms with van der Waals surface area (Å²) in [5, 5.41) is 2.97. The number of H-pyrrole nitrogens is 1. The molecule has 2 atom stereocenters. The zero-order valence-corrected chi connectivity index (χ0v) is 14.6. The van der Waals surface area contributed by atoms with Crippen LogP contribution in [-0.2, 0) is 11.2 Å². The molecule has 0 bridgehead atoms. The molecule has 1 aliphatic carbocycles. The number of nitrogens with zero attached hydrogens (tertiary/aromatic N) is 1. The summed E-state index contributed by atoms with van der Waals surface area (Å²) in [4.78, 5) is 19.7. The highest BCUT2D eigenvalue weighted by atomic mass is 35.5. The molecule has 1 aromatic carbocycles. The first-order valence-corrected chi connectivity index (χ1v) is 7.68. The van der Waals surface area contributed by atoms with Crippen molar-refractivity contribution < 1.29 is 4.79 Å². The summed E-state index contributed by atoms with van der Waals surface area (Å²) < 4.78 is 0. The molecule has 2 aromatic rings. The lowest BCUT2D eigenvalue weighted by Crippen LogP contribution is -2.32. The molecule has 0 aliphatic heterocycles. The van der Waals surface area contributed by atoms with Crippen LogP contribution in [0.5, 0.6) is 0 Å². The molecule has 0 spiro atoms. The molecular weight excluding hydrogens is 335 g/mol. The Labute approximate surface area is 148 Å². The summed E-state index contributed by atoms with van der Waals surface area (Å²) in [6.07, 6.45) is 4.56. The molecule has 1 aromatic heterocycles. The van der Waals surface area contributed by atoms with Crippen LogP contribution in [0, 0.1) is 5.92 Å². The number of rotatable bonds is 5. The van der Waals surface area contributed by atoms with E-state index in [0.717, 1.165) is 42.5 Å². The van der Waals surface area contributed by atoms with Crippen molar-refractivity contribution in [3.8, 4) is 0 Å². The van der Waals surface area contributed by atoms with Gasteiger partial charge in [-0.3, -0.25) is 4.79 Å². The quantitative estimate of drug-likeness (QED) is 0.767. The molecule has 1 aliphatic rings. The molecule has 3 rings (SSSR count). The highest BCUT2D eigenvalue weighted by molar-refractivity contribution is 5.85. The van der Waals surface area contributed by atoms with E-state index in [0.29, 0.717) is 18.9 Å². The van der Waals surface area contributed by atoms with Crippen molar-refractivity contribution >= 4 is 41.8 Å². The summed E-state index contributed by atoms with van der Waals surface area (Å²) in [6, 6.07) is 8.14. The third kappa shape index (κ3) is 5.09. The number of fused-ring (bicyclic) bond motifs is 1. The van der Waals surface area contributed by atoms with Crippen molar-refractivity contribution in [2.75, 3.05) is 6.54 Å². The minimum Gasteiger partial charge on any atom is -0.356 e. The molecule has 0 saturated heterocycles. The molecule has 0 radical (unpaired) electrons. The topological polar surface area (TPSA) is 83.8 Å². The zero-order valence-electron chi connectivity index (χ0n) is 13.0. The van der Waals surface area contributed by atoms with Crippen LogP contribution in [0.25, 0.3) is 11.0 Å². The van der Waals surface area contributed by atoms with E-state index >= 15 is 0 Å². The Hall–Kier alpha value is -1.30. The van der Waals surface area contributed by atoms with E-state index in [1.165, 1.54) is 0 Å². The van der Waals surface area contributed by atoms with Crippen molar-refractivity contribution in [1.82, 2.24) is 15.3 Å². The SMILES string of the molecule is Cl.Cl.N[C@@H]1CCC[C@H]1CC(=O)NCCc1nc2ccccc2[nH]1. The second-order valence-corrected chi connectivity index (χ2v) is 5.86. The van der Waals surface area contributed by atoms with Crippen molar-refractivity contribution in [3.05, 3.63) is 30.1 Å². The number of nitrogens with one attached hydrogen (secondary N) is 2. The first-order chi connectivity index (χ1) is 10.2. The van der Waals surface area contributed by atoms with Crippen LogP contribution in [0.2, 0.25) is 0 Å². The Morgan fingerprint density at radius 1 is 1.30 bits per heavy atom. The molecule has 23 heavy (non-hydrogen) atoms. The van der Waals surface area contributed by atoms with Gasteiger partial charge in [-0.15, -0.1) is 24.8 Å². The lowest BCUT2D eigenvalue weighted by molar-refractivity contribution is -0.122. The Morgan fingerprint density at radius 3 is 2.78 bits per heavy atom. The van der Waals surface area contributed by atoms with Gasteiger partial charge in [-0.1, -0.05) is 18.6 Å². The summed E-state index contributed by atoms with van der Waals surface area (Å²) in [5.74, 6) is 1.37. The minimum atomic E-state index is 0. The fraction of sp³-hybridized carbons (Fsp3) is 0.500. The maximum atomic E-state index is 11.9. The number of carbonyl (C=O) groups is 1. The normalized spacial score (nSPS) is 19.9. The summed E-state index contributed by atoms with van der Waals surface area (Å²) in [6.45, 7) is 0.612. The second kappa shape index (κ2) is 9.11. The zero-order chi connectivity index (χ0) is 14.7. The molecule has 4 N–H and O–H groups in total. The first kappa shape index (κ1) is 19.7. The summed E-state index contributed by atoms with van der Waals surface area (Å²) >= 11 is 0. The first-order valence-electron chi connectivity index (χ1n) is 7.68. The molecule has 1 fully saturated rings. The summed E-state index contributed by atoms with van der Waals surface area (Å²) in [7, 11) is 0. The third-order valence-electron chi connectivity index (χ3n) is 4.29. The Balaban J connectivity index is 0.00000132. The van der Waals surface area contributed by atoms with E-state index in [9.17, 15) is 4.79 Å². The number of benzene rings is 1. The number of amides is 1. The molecule has 0 unspecified atom stereocenters. The standard InChI is InChI=1S/C16H22N4O.2ClH/c17-12-5-3-4-11(12)10-16(21)18-9-8-15-19-13-6-1-2-7-14(13)20-15;;/h1-2,6-7,11-12H,3-5,8-10,17H2,(H,18,21)(H,19,20);2*1H/t11-,12+;;/m0../s1.